The maximum Gasteiger partial charge on any atom is 0.255 e. The van der Waals surface area contributed by atoms with Crippen LogP contribution in [0.4, 0.5) is 14.6 Å². The van der Waals surface area contributed by atoms with Gasteiger partial charge in [-0.25, -0.2) is 18.7 Å². The molecular weight excluding hydrogens is 440 g/mol. The van der Waals surface area contributed by atoms with E-state index in [0.29, 0.717) is 43.1 Å². The number of nitriles is 2. The number of nitrogens with one attached hydrogen (secondary N) is 1. The Bertz CT molecular complexity index is 1120. The highest BCUT2D eigenvalue weighted by atomic mass is 35.5. The SMILES string of the molecule is Cc1nc(OC2CC(F)(F)C2)cnc1CN1CCc2c(NCC#N)nc(Cl)c(C#N)c2C1. The molecule has 2 aliphatic rings. The number of hydrogen-bond acceptors (Lipinski definition) is 8. The van der Waals surface area contributed by atoms with E-state index in [1.54, 1.807) is 6.92 Å². The lowest BCUT2D eigenvalue weighted by Crippen LogP contribution is -2.43. The second kappa shape index (κ2) is 8.81. The molecule has 1 aliphatic carbocycles. The fourth-order valence-corrected chi connectivity index (χ4v) is 4.18. The number of fused-ring (bicyclic) bond motifs is 1. The summed E-state index contributed by atoms with van der Waals surface area (Å²) in [5.74, 6) is -1.87. The normalized spacial score (nSPS) is 17.6. The fraction of sp³-hybridized carbons (Fsp3) is 0.476. The molecule has 1 aliphatic heterocycles. The van der Waals surface area contributed by atoms with E-state index >= 15 is 0 Å². The third-order valence-corrected chi connectivity index (χ3v) is 5.89. The molecule has 2 aromatic heterocycles. The number of halogens is 3. The number of ether oxygens (including phenoxy) is 1. The van der Waals surface area contributed by atoms with Crippen molar-refractivity contribution >= 4 is 17.4 Å². The van der Waals surface area contributed by atoms with E-state index in [1.165, 1.54) is 6.20 Å². The van der Waals surface area contributed by atoms with Gasteiger partial charge in [0.1, 0.15) is 29.7 Å². The summed E-state index contributed by atoms with van der Waals surface area (Å²) in [6, 6.07) is 4.15. The van der Waals surface area contributed by atoms with Crippen LogP contribution in [0.15, 0.2) is 6.20 Å². The Morgan fingerprint density at radius 1 is 1.31 bits per heavy atom. The monoisotopic (exact) mass is 459 g/mol. The lowest BCUT2D eigenvalue weighted by Gasteiger charge is -2.34. The minimum Gasteiger partial charge on any atom is -0.473 e. The predicted molar refractivity (Wildman–Crippen MR) is 111 cm³/mol. The van der Waals surface area contributed by atoms with Gasteiger partial charge in [0.25, 0.3) is 5.92 Å². The van der Waals surface area contributed by atoms with E-state index in [0.717, 1.165) is 16.8 Å². The van der Waals surface area contributed by atoms with E-state index < -0.39 is 12.0 Å². The quantitative estimate of drug-likeness (QED) is 0.517. The molecule has 2 aromatic rings. The van der Waals surface area contributed by atoms with Crippen LogP contribution >= 0.6 is 11.6 Å². The van der Waals surface area contributed by atoms with Gasteiger partial charge in [-0.3, -0.25) is 9.88 Å². The molecule has 3 heterocycles. The first-order chi connectivity index (χ1) is 15.3. The molecule has 0 aromatic carbocycles. The largest absolute Gasteiger partial charge is 0.473 e. The van der Waals surface area contributed by atoms with Gasteiger partial charge in [-0.2, -0.15) is 10.5 Å². The lowest BCUT2D eigenvalue weighted by atomic mass is 9.91. The highest BCUT2D eigenvalue weighted by Gasteiger charge is 2.47. The molecular formula is C21H20ClF2N7O. The smallest absolute Gasteiger partial charge is 0.255 e. The molecule has 0 amide bonds. The van der Waals surface area contributed by atoms with Gasteiger partial charge in [-0.05, 0) is 18.9 Å². The van der Waals surface area contributed by atoms with Gasteiger partial charge in [0, 0.05) is 38.0 Å². The average Bonchev–Trinajstić information content (AvgIpc) is 2.72. The maximum atomic E-state index is 13.0. The van der Waals surface area contributed by atoms with Crippen LogP contribution in [-0.2, 0) is 19.5 Å². The first-order valence-corrected chi connectivity index (χ1v) is 10.5. The molecule has 32 heavy (non-hydrogen) atoms. The molecule has 0 radical (unpaired) electrons. The topological polar surface area (TPSA) is 111 Å². The van der Waals surface area contributed by atoms with Crippen molar-refractivity contribution in [3.05, 3.63) is 39.4 Å². The second-order valence-corrected chi connectivity index (χ2v) is 8.27. The van der Waals surface area contributed by atoms with Gasteiger partial charge >= 0.3 is 0 Å². The van der Waals surface area contributed by atoms with Crippen LogP contribution in [0.1, 0.15) is 40.9 Å². The number of hydrogen-bond donors (Lipinski definition) is 1. The highest BCUT2D eigenvalue weighted by Crippen LogP contribution is 2.39. The van der Waals surface area contributed by atoms with E-state index in [-0.39, 0.29) is 30.4 Å². The minimum absolute atomic E-state index is 0.0904. The molecule has 11 heteroatoms. The van der Waals surface area contributed by atoms with Gasteiger partial charge in [0.2, 0.25) is 5.88 Å². The zero-order valence-electron chi connectivity index (χ0n) is 17.3. The average molecular weight is 460 g/mol. The molecule has 1 fully saturated rings. The number of anilines is 1. The van der Waals surface area contributed by atoms with Crippen LogP contribution in [0.25, 0.3) is 0 Å². The maximum absolute atomic E-state index is 13.0. The van der Waals surface area contributed by atoms with Gasteiger partial charge in [0.05, 0.1) is 29.2 Å². The van der Waals surface area contributed by atoms with Crippen molar-refractivity contribution in [3.8, 4) is 18.0 Å². The molecule has 0 saturated heterocycles. The Morgan fingerprint density at radius 2 is 2.09 bits per heavy atom. The third-order valence-electron chi connectivity index (χ3n) is 5.61. The van der Waals surface area contributed by atoms with Gasteiger partial charge in [-0.1, -0.05) is 11.6 Å². The number of alkyl halides is 2. The first-order valence-electron chi connectivity index (χ1n) is 10.1. The Hall–Kier alpha value is -3.08. The lowest BCUT2D eigenvalue weighted by molar-refractivity contribution is -0.135. The summed E-state index contributed by atoms with van der Waals surface area (Å²) in [6.07, 6.45) is 0.960. The standard InChI is InChI=1S/C21H20ClF2N7O/c1-12-17(28-9-18(29-12)32-13-6-21(23,24)7-13)11-31-5-2-14-16(10-31)15(8-26)19(22)30-20(14)27-4-3-25/h9,13H,2,4-7,10-11H2,1H3,(H,27,30). The summed E-state index contributed by atoms with van der Waals surface area (Å²) in [5, 5.41) is 21.5. The van der Waals surface area contributed by atoms with Gasteiger partial charge in [-0.15, -0.1) is 0 Å². The Morgan fingerprint density at radius 3 is 2.75 bits per heavy atom. The Labute approximate surface area is 188 Å². The summed E-state index contributed by atoms with van der Waals surface area (Å²) in [6.45, 7) is 3.55. The summed E-state index contributed by atoms with van der Waals surface area (Å²) < 4.78 is 31.5. The Kier molecular flexibility index (Phi) is 6.09. The summed E-state index contributed by atoms with van der Waals surface area (Å²) in [5.41, 5.74) is 3.40. The van der Waals surface area contributed by atoms with Crippen LogP contribution in [0.2, 0.25) is 5.15 Å². The molecule has 0 spiro atoms. The van der Waals surface area contributed by atoms with E-state index in [4.69, 9.17) is 21.6 Å². The van der Waals surface area contributed by atoms with Crippen LogP contribution < -0.4 is 10.1 Å². The highest BCUT2D eigenvalue weighted by molar-refractivity contribution is 6.30. The molecule has 8 nitrogen and oxygen atoms in total. The summed E-state index contributed by atoms with van der Waals surface area (Å²) in [7, 11) is 0. The van der Waals surface area contributed by atoms with Crippen molar-refractivity contribution < 1.29 is 13.5 Å². The van der Waals surface area contributed by atoms with Crippen molar-refractivity contribution in [1.29, 1.82) is 10.5 Å². The van der Waals surface area contributed by atoms with E-state index in [2.05, 4.69) is 31.2 Å². The molecule has 1 N–H and O–H groups in total. The van der Waals surface area contributed by atoms with Crippen molar-refractivity contribution in [3.63, 3.8) is 0 Å². The number of rotatable bonds is 6. The number of nitrogens with zero attached hydrogens (tertiary/aromatic N) is 6. The number of pyridine rings is 1. The van der Waals surface area contributed by atoms with Gasteiger partial charge in [0.15, 0.2) is 0 Å². The molecule has 0 bridgehead atoms. The van der Waals surface area contributed by atoms with Crippen molar-refractivity contribution in [2.45, 2.75) is 51.3 Å². The molecule has 166 valence electrons. The predicted octanol–water partition coefficient (Wildman–Crippen LogP) is 3.38. The van der Waals surface area contributed by atoms with Crippen LogP contribution in [0.3, 0.4) is 0 Å². The van der Waals surface area contributed by atoms with Crippen LogP contribution in [-0.4, -0.2) is 45.0 Å². The molecule has 4 rings (SSSR count). The number of aromatic nitrogens is 3. The van der Waals surface area contributed by atoms with Crippen LogP contribution in [0.5, 0.6) is 5.88 Å². The van der Waals surface area contributed by atoms with Crippen LogP contribution in [0, 0.1) is 29.6 Å². The number of aryl methyl sites for hydroxylation is 1. The van der Waals surface area contributed by atoms with Crippen molar-refractivity contribution in [2.75, 3.05) is 18.4 Å². The third kappa shape index (κ3) is 4.57. The molecule has 1 saturated carbocycles. The summed E-state index contributed by atoms with van der Waals surface area (Å²) >= 11 is 6.21. The van der Waals surface area contributed by atoms with Crippen molar-refractivity contribution in [1.82, 2.24) is 19.9 Å². The minimum atomic E-state index is -2.65. The van der Waals surface area contributed by atoms with Gasteiger partial charge < -0.3 is 10.1 Å². The fourth-order valence-electron chi connectivity index (χ4n) is 3.94. The first kappa shape index (κ1) is 22.1. The Balaban J connectivity index is 1.48. The van der Waals surface area contributed by atoms with E-state index in [9.17, 15) is 14.0 Å². The molecule has 0 atom stereocenters. The van der Waals surface area contributed by atoms with Crippen molar-refractivity contribution in [2.24, 2.45) is 0 Å². The second-order valence-electron chi connectivity index (χ2n) is 7.91. The summed E-state index contributed by atoms with van der Waals surface area (Å²) in [4.78, 5) is 15.2. The van der Waals surface area contributed by atoms with E-state index in [1.807, 2.05) is 6.07 Å². The molecule has 0 unspecified atom stereocenters. The zero-order chi connectivity index (χ0) is 22.9. The zero-order valence-corrected chi connectivity index (χ0v) is 18.1.